The second-order valence-corrected chi connectivity index (χ2v) is 3.24. The third kappa shape index (κ3) is 1.35. The normalized spacial score (nSPS) is 15.2. The Bertz CT molecular complexity index is 329. The van der Waals surface area contributed by atoms with Crippen molar-refractivity contribution in [2.75, 3.05) is 0 Å². The van der Waals surface area contributed by atoms with Crippen LogP contribution in [-0.4, -0.2) is 4.57 Å². The highest BCUT2D eigenvalue weighted by molar-refractivity contribution is 5.27. The highest BCUT2D eigenvalue weighted by Gasteiger charge is 2.02. The number of hydrogen-bond donors (Lipinski definition) is 0. The third-order valence-electron chi connectivity index (χ3n) is 2.31. The van der Waals surface area contributed by atoms with Gasteiger partial charge in [0.05, 0.1) is 0 Å². The molecule has 1 nitrogen and oxygen atoms in total. The van der Waals surface area contributed by atoms with Crippen LogP contribution in [0.4, 0.5) is 0 Å². The van der Waals surface area contributed by atoms with E-state index in [1.165, 1.54) is 11.3 Å². The zero-order chi connectivity index (χ0) is 8.39. The van der Waals surface area contributed by atoms with E-state index in [0.717, 1.165) is 12.8 Å². The molecule has 2 rings (SSSR count). The number of allylic oxidation sites excluding steroid dienone is 4. The summed E-state index contributed by atoms with van der Waals surface area (Å²) < 4.78 is 2.18. The molecule has 0 atom stereocenters. The van der Waals surface area contributed by atoms with E-state index in [2.05, 4.69) is 48.2 Å². The zero-order valence-corrected chi connectivity index (χ0v) is 7.33. The van der Waals surface area contributed by atoms with Crippen LogP contribution in [0.25, 0.3) is 0 Å². The minimum absolute atomic E-state index is 1.09. The molecule has 1 heteroatoms. The van der Waals surface area contributed by atoms with E-state index in [0.29, 0.717) is 0 Å². The Morgan fingerprint density at radius 2 is 2.42 bits per heavy atom. The smallest absolute Gasteiger partial charge is 0.0212 e. The van der Waals surface area contributed by atoms with Gasteiger partial charge in [0.2, 0.25) is 0 Å². The summed E-state index contributed by atoms with van der Waals surface area (Å²) in [6.45, 7) is 0. The first-order valence-electron chi connectivity index (χ1n) is 4.31. The van der Waals surface area contributed by atoms with E-state index in [-0.39, 0.29) is 0 Å². The molecule has 1 aliphatic carbocycles. The van der Waals surface area contributed by atoms with E-state index < -0.39 is 0 Å². The van der Waals surface area contributed by atoms with Gasteiger partial charge < -0.3 is 4.57 Å². The lowest BCUT2D eigenvalue weighted by molar-refractivity contribution is 0.840. The predicted molar refractivity (Wildman–Crippen MR) is 51.0 cm³/mol. The standard InChI is InChI=1S/C11H13N/c1-12-8-4-7-11(12)9-10-5-2-3-6-10/h2-5,7-8H,6,9H2,1H3. The first-order chi connectivity index (χ1) is 5.86. The van der Waals surface area contributed by atoms with E-state index in [9.17, 15) is 0 Å². The molecule has 0 amide bonds. The van der Waals surface area contributed by atoms with Gasteiger partial charge in [-0.1, -0.05) is 23.8 Å². The Morgan fingerprint density at radius 1 is 1.50 bits per heavy atom. The van der Waals surface area contributed by atoms with E-state index in [1.807, 2.05) is 0 Å². The number of rotatable bonds is 2. The van der Waals surface area contributed by atoms with Crippen LogP contribution in [0.3, 0.4) is 0 Å². The van der Waals surface area contributed by atoms with Crippen molar-refractivity contribution in [3.63, 3.8) is 0 Å². The second-order valence-electron chi connectivity index (χ2n) is 3.24. The topological polar surface area (TPSA) is 4.93 Å². The highest BCUT2D eigenvalue weighted by atomic mass is 14.9. The molecule has 62 valence electrons. The molecule has 0 bridgehead atoms. The van der Waals surface area contributed by atoms with Gasteiger partial charge >= 0.3 is 0 Å². The minimum Gasteiger partial charge on any atom is -0.354 e. The van der Waals surface area contributed by atoms with Crippen molar-refractivity contribution in [2.45, 2.75) is 12.8 Å². The van der Waals surface area contributed by atoms with Crippen LogP contribution in [-0.2, 0) is 13.5 Å². The fourth-order valence-electron chi connectivity index (χ4n) is 1.54. The van der Waals surface area contributed by atoms with E-state index in [1.54, 1.807) is 0 Å². The van der Waals surface area contributed by atoms with Crippen molar-refractivity contribution in [1.29, 1.82) is 0 Å². The maximum absolute atomic E-state index is 2.22. The van der Waals surface area contributed by atoms with Gasteiger partial charge in [-0.3, -0.25) is 0 Å². The monoisotopic (exact) mass is 159 g/mol. The lowest BCUT2D eigenvalue weighted by Crippen LogP contribution is -1.96. The molecular weight excluding hydrogens is 146 g/mol. The van der Waals surface area contributed by atoms with Crippen molar-refractivity contribution in [1.82, 2.24) is 4.57 Å². The maximum Gasteiger partial charge on any atom is 0.0212 e. The molecule has 0 saturated heterocycles. The lowest BCUT2D eigenvalue weighted by atomic mass is 10.1. The van der Waals surface area contributed by atoms with Gasteiger partial charge in [-0.05, 0) is 18.6 Å². The zero-order valence-electron chi connectivity index (χ0n) is 7.33. The van der Waals surface area contributed by atoms with Crippen molar-refractivity contribution in [3.8, 4) is 0 Å². The van der Waals surface area contributed by atoms with Crippen molar-refractivity contribution < 1.29 is 0 Å². The third-order valence-corrected chi connectivity index (χ3v) is 2.31. The van der Waals surface area contributed by atoms with Crippen LogP contribution < -0.4 is 0 Å². The number of aromatic nitrogens is 1. The predicted octanol–water partition coefficient (Wildman–Crippen LogP) is 2.45. The van der Waals surface area contributed by atoms with Crippen molar-refractivity contribution in [3.05, 3.63) is 47.8 Å². The maximum atomic E-state index is 2.22. The first-order valence-corrected chi connectivity index (χ1v) is 4.31. The van der Waals surface area contributed by atoms with Gasteiger partial charge in [0.25, 0.3) is 0 Å². The van der Waals surface area contributed by atoms with Gasteiger partial charge in [0.15, 0.2) is 0 Å². The molecule has 12 heavy (non-hydrogen) atoms. The Kier molecular flexibility index (Phi) is 1.86. The van der Waals surface area contributed by atoms with Crippen LogP contribution in [0.5, 0.6) is 0 Å². The molecule has 0 aliphatic heterocycles. The SMILES string of the molecule is Cn1cccc1CC1=CC=CC1. The van der Waals surface area contributed by atoms with Crippen LogP contribution in [0.2, 0.25) is 0 Å². The van der Waals surface area contributed by atoms with Crippen LogP contribution in [0, 0.1) is 0 Å². The molecular formula is C11H13N. The fourth-order valence-corrected chi connectivity index (χ4v) is 1.54. The average Bonchev–Trinajstić information content (AvgIpc) is 2.65. The van der Waals surface area contributed by atoms with E-state index in [4.69, 9.17) is 0 Å². The fraction of sp³-hybridized carbons (Fsp3) is 0.273. The molecule has 0 N–H and O–H groups in total. The summed E-state index contributed by atoms with van der Waals surface area (Å²) in [5, 5.41) is 0. The largest absolute Gasteiger partial charge is 0.354 e. The Labute approximate surface area is 73.0 Å². The van der Waals surface area contributed by atoms with Gasteiger partial charge in [-0.25, -0.2) is 0 Å². The quantitative estimate of drug-likeness (QED) is 0.624. The first kappa shape index (κ1) is 7.41. The Morgan fingerprint density at radius 3 is 3.00 bits per heavy atom. The van der Waals surface area contributed by atoms with Gasteiger partial charge in [0.1, 0.15) is 0 Å². The summed E-state index contributed by atoms with van der Waals surface area (Å²) in [4.78, 5) is 0. The summed E-state index contributed by atoms with van der Waals surface area (Å²) in [7, 11) is 2.10. The van der Waals surface area contributed by atoms with Gasteiger partial charge in [-0.15, -0.1) is 0 Å². The summed E-state index contributed by atoms with van der Waals surface area (Å²) in [6, 6.07) is 4.28. The number of hydrogen-bond acceptors (Lipinski definition) is 0. The highest BCUT2D eigenvalue weighted by Crippen LogP contribution is 2.16. The average molecular weight is 159 g/mol. The molecule has 0 fully saturated rings. The summed E-state index contributed by atoms with van der Waals surface area (Å²) in [5.74, 6) is 0. The molecule has 0 saturated carbocycles. The summed E-state index contributed by atoms with van der Waals surface area (Å²) in [6.07, 6.45) is 10.9. The molecule has 0 spiro atoms. The van der Waals surface area contributed by atoms with Gasteiger partial charge in [-0.2, -0.15) is 0 Å². The van der Waals surface area contributed by atoms with E-state index >= 15 is 0 Å². The Balaban J connectivity index is 2.09. The molecule has 1 aromatic heterocycles. The molecule has 1 aliphatic rings. The lowest BCUT2D eigenvalue weighted by Gasteiger charge is -2.03. The Hall–Kier alpha value is -1.24. The molecule has 0 radical (unpaired) electrons. The molecule has 1 heterocycles. The molecule has 0 unspecified atom stereocenters. The van der Waals surface area contributed by atoms with Crippen LogP contribution in [0.1, 0.15) is 12.1 Å². The van der Waals surface area contributed by atoms with Crippen LogP contribution >= 0.6 is 0 Å². The van der Waals surface area contributed by atoms with Crippen LogP contribution in [0.15, 0.2) is 42.1 Å². The molecule has 0 aromatic carbocycles. The second kappa shape index (κ2) is 3.02. The summed E-state index contributed by atoms with van der Waals surface area (Å²) >= 11 is 0. The number of nitrogens with zero attached hydrogens (tertiary/aromatic N) is 1. The van der Waals surface area contributed by atoms with Crippen molar-refractivity contribution >= 4 is 0 Å². The number of aryl methyl sites for hydroxylation is 1. The minimum atomic E-state index is 1.09. The molecule has 1 aromatic rings. The summed E-state index contributed by atoms with van der Waals surface area (Å²) in [5.41, 5.74) is 2.90. The van der Waals surface area contributed by atoms with Gasteiger partial charge in [0, 0.05) is 25.4 Å². The van der Waals surface area contributed by atoms with Crippen molar-refractivity contribution in [2.24, 2.45) is 7.05 Å².